The summed E-state index contributed by atoms with van der Waals surface area (Å²) in [6, 6.07) is 0. The fourth-order valence-electron chi connectivity index (χ4n) is 3.14. The summed E-state index contributed by atoms with van der Waals surface area (Å²) in [5.74, 6) is 0. The number of aliphatic hydroxyl groups excluding tert-OH is 1. The molecule has 0 aromatic heterocycles. The van der Waals surface area contributed by atoms with Gasteiger partial charge in [-0.15, -0.1) is 0 Å². The normalized spacial score (nSPS) is 32.9. The molecule has 0 aromatic carbocycles. The zero-order valence-corrected chi connectivity index (χ0v) is 11.7. The molecule has 1 aliphatic carbocycles. The summed E-state index contributed by atoms with van der Waals surface area (Å²) < 4.78 is 5.40. The van der Waals surface area contributed by atoms with Gasteiger partial charge in [0.05, 0.1) is 6.10 Å². The maximum Gasteiger partial charge on any atom is 0.410 e. The van der Waals surface area contributed by atoms with E-state index in [0.717, 1.165) is 25.7 Å². The standard InChI is InChI=1S/C14H25NO3/c1-13(2,3)18-12(17)15-9-8-14(10-15)7-5-4-6-11(14)16/h11,16H,4-10H2,1-3H3/t11-,14+/m0/s1. The molecule has 0 unspecified atom stereocenters. The van der Waals surface area contributed by atoms with Crippen molar-refractivity contribution in [2.24, 2.45) is 5.41 Å². The van der Waals surface area contributed by atoms with E-state index in [4.69, 9.17) is 4.74 Å². The molecule has 2 rings (SSSR count). The molecule has 0 aromatic rings. The van der Waals surface area contributed by atoms with E-state index in [1.54, 1.807) is 4.90 Å². The quantitative estimate of drug-likeness (QED) is 0.723. The van der Waals surface area contributed by atoms with Crippen LogP contribution in [0.1, 0.15) is 52.9 Å². The van der Waals surface area contributed by atoms with Gasteiger partial charge in [-0.2, -0.15) is 0 Å². The van der Waals surface area contributed by atoms with E-state index in [2.05, 4.69) is 0 Å². The Morgan fingerprint density at radius 1 is 1.33 bits per heavy atom. The van der Waals surface area contributed by atoms with Crippen LogP contribution in [0.4, 0.5) is 4.79 Å². The van der Waals surface area contributed by atoms with Gasteiger partial charge in [0.2, 0.25) is 0 Å². The van der Waals surface area contributed by atoms with Crippen molar-refractivity contribution in [3.05, 3.63) is 0 Å². The van der Waals surface area contributed by atoms with Crippen molar-refractivity contribution < 1.29 is 14.6 Å². The number of nitrogens with zero attached hydrogens (tertiary/aromatic N) is 1. The van der Waals surface area contributed by atoms with Gasteiger partial charge in [-0.05, 0) is 40.0 Å². The lowest BCUT2D eigenvalue weighted by molar-refractivity contribution is -0.0107. The van der Waals surface area contributed by atoms with Crippen LogP contribution in [-0.4, -0.2) is 40.9 Å². The lowest BCUT2D eigenvalue weighted by atomic mass is 9.71. The maximum absolute atomic E-state index is 12.0. The van der Waals surface area contributed by atoms with Gasteiger partial charge in [0.1, 0.15) is 5.60 Å². The number of hydrogen-bond acceptors (Lipinski definition) is 3. The molecule has 1 N–H and O–H groups in total. The third kappa shape index (κ3) is 2.79. The molecule has 2 atom stereocenters. The predicted octanol–water partition coefficient (Wildman–Crippen LogP) is 2.55. The summed E-state index contributed by atoms with van der Waals surface area (Å²) in [6.07, 6.45) is 4.60. The number of rotatable bonds is 0. The lowest BCUT2D eigenvalue weighted by Gasteiger charge is -2.38. The molecule has 1 heterocycles. The second-order valence-corrected chi connectivity index (χ2v) is 6.78. The van der Waals surface area contributed by atoms with Gasteiger partial charge in [0.25, 0.3) is 0 Å². The third-order valence-corrected chi connectivity index (χ3v) is 4.15. The van der Waals surface area contributed by atoms with Crippen LogP contribution < -0.4 is 0 Å². The van der Waals surface area contributed by atoms with Crippen LogP contribution in [0.3, 0.4) is 0 Å². The average Bonchev–Trinajstić information content (AvgIpc) is 2.66. The zero-order chi connectivity index (χ0) is 13.4. The summed E-state index contributed by atoms with van der Waals surface area (Å²) in [6.45, 7) is 7.01. The SMILES string of the molecule is CC(C)(C)OC(=O)N1CC[C@]2(CCCC[C@@H]2O)C1. The van der Waals surface area contributed by atoms with Crippen LogP contribution in [0.15, 0.2) is 0 Å². The largest absolute Gasteiger partial charge is 0.444 e. The van der Waals surface area contributed by atoms with Crippen LogP contribution in [0.5, 0.6) is 0 Å². The molecule has 1 aliphatic heterocycles. The Bertz CT molecular complexity index is 323. The summed E-state index contributed by atoms with van der Waals surface area (Å²) in [5, 5.41) is 10.2. The van der Waals surface area contributed by atoms with Gasteiger partial charge in [0.15, 0.2) is 0 Å². The molecule has 1 amide bonds. The van der Waals surface area contributed by atoms with E-state index in [0.29, 0.717) is 13.1 Å². The minimum Gasteiger partial charge on any atom is -0.444 e. The summed E-state index contributed by atoms with van der Waals surface area (Å²) in [7, 11) is 0. The highest BCUT2D eigenvalue weighted by Gasteiger charge is 2.46. The molecule has 1 saturated heterocycles. The Kier molecular flexibility index (Phi) is 3.58. The molecule has 1 spiro atoms. The van der Waals surface area contributed by atoms with Crippen LogP contribution in [0.25, 0.3) is 0 Å². The first-order chi connectivity index (χ1) is 8.32. The monoisotopic (exact) mass is 255 g/mol. The lowest BCUT2D eigenvalue weighted by Crippen LogP contribution is -2.42. The highest BCUT2D eigenvalue weighted by molar-refractivity contribution is 5.68. The average molecular weight is 255 g/mol. The van der Waals surface area contributed by atoms with Crippen molar-refractivity contribution in [3.63, 3.8) is 0 Å². The van der Waals surface area contributed by atoms with E-state index in [-0.39, 0.29) is 17.6 Å². The Morgan fingerprint density at radius 3 is 2.67 bits per heavy atom. The van der Waals surface area contributed by atoms with E-state index in [9.17, 15) is 9.90 Å². The topological polar surface area (TPSA) is 49.8 Å². The summed E-state index contributed by atoms with van der Waals surface area (Å²) >= 11 is 0. The maximum atomic E-state index is 12.0. The van der Waals surface area contributed by atoms with Crippen molar-refractivity contribution >= 4 is 6.09 Å². The molecule has 4 heteroatoms. The zero-order valence-electron chi connectivity index (χ0n) is 11.7. The molecular weight excluding hydrogens is 230 g/mol. The van der Waals surface area contributed by atoms with Crippen molar-refractivity contribution in [2.75, 3.05) is 13.1 Å². The molecule has 0 radical (unpaired) electrons. The molecule has 18 heavy (non-hydrogen) atoms. The van der Waals surface area contributed by atoms with E-state index in [1.165, 1.54) is 6.42 Å². The van der Waals surface area contributed by atoms with Crippen molar-refractivity contribution in [1.29, 1.82) is 0 Å². The van der Waals surface area contributed by atoms with Crippen molar-refractivity contribution in [2.45, 2.75) is 64.6 Å². The summed E-state index contributed by atoms with van der Waals surface area (Å²) in [4.78, 5) is 13.8. The first-order valence-electron chi connectivity index (χ1n) is 6.98. The molecule has 0 bridgehead atoms. The molecule has 4 nitrogen and oxygen atoms in total. The second kappa shape index (κ2) is 4.72. The first-order valence-corrected chi connectivity index (χ1v) is 6.98. The van der Waals surface area contributed by atoms with Crippen LogP contribution in [0.2, 0.25) is 0 Å². The van der Waals surface area contributed by atoms with Gasteiger partial charge in [-0.25, -0.2) is 4.79 Å². The molecular formula is C14H25NO3. The predicted molar refractivity (Wildman–Crippen MR) is 69.3 cm³/mol. The fourth-order valence-corrected chi connectivity index (χ4v) is 3.14. The third-order valence-electron chi connectivity index (χ3n) is 4.15. The number of carbonyl (C=O) groups is 1. The van der Waals surface area contributed by atoms with E-state index in [1.807, 2.05) is 20.8 Å². The van der Waals surface area contributed by atoms with Crippen LogP contribution >= 0.6 is 0 Å². The number of carbonyl (C=O) groups excluding carboxylic acids is 1. The molecule has 2 fully saturated rings. The highest BCUT2D eigenvalue weighted by atomic mass is 16.6. The van der Waals surface area contributed by atoms with Gasteiger partial charge in [-0.1, -0.05) is 12.8 Å². The minimum absolute atomic E-state index is 0.0604. The number of amides is 1. The van der Waals surface area contributed by atoms with Crippen molar-refractivity contribution in [3.8, 4) is 0 Å². The van der Waals surface area contributed by atoms with E-state index < -0.39 is 5.60 Å². The Hall–Kier alpha value is -0.770. The van der Waals surface area contributed by atoms with Gasteiger partial charge in [-0.3, -0.25) is 0 Å². The number of likely N-dealkylation sites (tertiary alicyclic amines) is 1. The van der Waals surface area contributed by atoms with Crippen molar-refractivity contribution in [1.82, 2.24) is 4.90 Å². The Morgan fingerprint density at radius 2 is 2.06 bits per heavy atom. The number of aliphatic hydroxyl groups is 1. The first kappa shape index (κ1) is 13.7. The van der Waals surface area contributed by atoms with Gasteiger partial charge < -0.3 is 14.7 Å². The second-order valence-electron chi connectivity index (χ2n) is 6.78. The smallest absolute Gasteiger partial charge is 0.410 e. The molecule has 1 saturated carbocycles. The highest BCUT2D eigenvalue weighted by Crippen LogP contribution is 2.44. The van der Waals surface area contributed by atoms with Gasteiger partial charge in [0, 0.05) is 18.5 Å². The van der Waals surface area contributed by atoms with Gasteiger partial charge >= 0.3 is 6.09 Å². The van der Waals surface area contributed by atoms with Crippen LogP contribution in [0, 0.1) is 5.41 Å². The number of hydrogen-bond donors (Lipinski definition) is 1. The molecule has 2 aliphatic rings. The minimum atomic E-state index is -0.446. The van der Waals surface area contributed by atoms with Crippen LogP contribution in [-0.2, 0) is 4.74 Å². The number of ether oxygens (including phenoxy) is 1. The summed E-state index contributed by atoms with van der Waals surface area (Å²) in [5.41, 5.74) is -0.507. The fraction of sp³-hybridized carbons (Fsp3) is 0.929. The molecule has 104 valence electrons. The Balaban J connectivity index is 1.97. The van der Waals surface area contributed by atoms with E-state index >= 15 is 0 Å². The Labute approximate surface area is 109 Å².